The van der Waals surface area contributed by atoms with Crippen LogP contribution in [0.25, 0.3) is 0 Å². The van der Waals surface area contributed by atoms with Crippen LogP contribution in [0.1, 0.15) is 23.7 Å². The highest BCUT2D eigenvalue weighted by molar-refractivity contribution is 6.00. The number of para-hydroxylation sites is 2. The molecule has 0 spiro atoms. The molecule has 1 aliphatic heterocycles. The fourth-order valence-corrected chi connectivity index (χ4v) is 2.92. The van der Waals surface area contributed by atoms with Gasteiger partial charge in [0.25, 0.3) is 5.91 Å². The van der Waals surface area contributed by atoms with Gasteiger partial charge in [0.1, 0.15) is 11.6 Å². The van der Waals surface area contributed by atoms with Crippen LogP contribution in [0, 0.1) is 5.82 Å². The molecule has 2 aromatic rings. The number of rotatable bonds is 7. The summed E-state index contributed by atoms with van der Waals surface area (Å²) in [6.07, 6.45) is -0.142. The summed E-state index contributed by atoms with van der Waals surface area (Å²) in [4.78, 5) is 48.6. The van der Waals surface area contributed by atoms with Crippen molar-refractivity contribution in [2.75, 3.05) is 30.0 Å². The Labute approximate surface area is 171 Å². The number of hydrogen-bond donors (Lipinski definition) is 1. The van der Waals surface area contributed by atoms with E-state index in [0.717, 1.165) is 6.07 Å². The molecule has 30 heavy (non-hydrogen) atoms. The number of nitrogens with zero attached hydrogens (tertiary/aromatic N) is 1. The van der Waals surface area contributed by atoms with E-state index >= 15 is 0 Å². The second-order valence-electron chi connectivity index (χ2n) is 6.51. The van der Waals surface area contributed by atoms with Gasteiger partial charge in [0.2, 0.25) is 11.7 Å². The minimum absolute atomic E-state index is 0.0615. The van der Waals surface area contributed by atoms with Crippen molar-refractivity contribution in [1.29, 1.82) is 0 Å². The molecule has 156 valence electrons. The van der Waals surface area contributed by atoms with Gasteiger partial charge in [0.05, 0.1) is 17.7 Å². The smallest absolute Gasteiger partial charge is 0.308 e. The van der Waals surface area contributed by atoms with E-state index in [0.29, 0.717) is 11.4 Å². The topological polar surface area (TPSA) is 102 Å². The first-order valence-electron chi connectivity index (χ1n) is 9.13. The Balaban J connectivity index is 1.53. The van der Waals surface area contributed by atoms with E-state index in [1.165, 1.54) is 24.0 Å². The molecule has 0 aliphatic carbocycles. The van der Waals surface area contributed by atoms with Gasteiger partial charge in [-0.2, -0.15) is 0 Å². The molecule has 0 bridgehead atoms. The van der Waals surface area contributed by atoms with E-state index in [9.17, 15) is 23.6 Å². The predicted octanol–water partition coefficient (Wildman–Crippen LogP) is 2.33. The third kappa shape index (κ3) is 4.99. The molecule has 2 aromatic carbocycles. The summed E-state index contributed by atoms with van der Waals surface area (Å²) in [6, 6.07) is 10.5. The number of benzene rings is 2. The Morgan fingerprint density at radius 3 is 2.70 bits per heavy atom. The number of halogens is 1. The molecular weight excluding hydrogens is 395 g/mol. The third-order valence-electron chi connectivity index (χ3n) is 4.30. The quantitative estimate of drug-likeness (QED) is 0.551. The number of hydrogen-bond acceptors (Lipinski definition) is 6. The van der Waals surface area contributed by atoms with Crippen molar-refractivity contribution in [2.45, 2.75) is 13.3 Å². The molecule has 0 saturated heterocycles. The van der Waals surface area contributed by atoms with Crippen molar-refractivity contribution in [3.63, 3.8) is 0 Å². The fourth-order valence-electron chi connectivity index (χ4n) is 2.92. The van der Waals surface area contributed by atoms with Crippen LogP contribution in [-0.4, -0.2) is 43.3 Å². The van der Waals surface area contributed by atoms with Gasteiger partial charge in [0.15, 0.2) is 13.2 Å². The molecule has 0 unspecified atom stereocenters. The van der Waals surface area contributed by atoms with Crippen molar-refractivity contribution in [1.82, 2.24) is 0 Å². The van der Waals surface area contributed by atoms with Crippen LogP contribution in [-0.2, 0) is 19.1 Å². The SMILES string of the molecule is CC(=O)Nc1ccc(C(=O)COC(=O)CCN2C(=O)COc3ccccc32)c(F)c1. The number of ether oxygens (including phenoxy) is 2. The zero-order chi connectivity index (χ0) is 21.7. The predicted molar refractivity (Wildman–Crippen MR) is 105 cm³/mol. The maximum atomic E-state index is 14.1. The largest absolute Gasteiger partial charge is 0.482 e. The standard InChI is InChI=1S/C21H19FN2O6/c1-13(25)23-14-6-7-15(16(22)10-14)18(26)11-30-21(28)8-9-24-17-4-2-3-5-19(17)29-12-20(24)27/h2-7,10H,8-9,11-12H2,1H3,(H,23,25). The van der Waals surface area contributed by atoms with Crippen LogP contribution < -0.4 is 15.0 Å². The van der Waals surface area contributed by atoms with Crippen molar-refractivity contribution >= 4 is 34.9 Å². The van der Waals surface area contributed by atoms with Crippen LogP contribution in [0.15, 0.2) is 42.5 Å². The lowest BCUT2D eigenvalue weighted by atomic mass is 10.1. The van der Waals surface area contributed by atoms with E-state index in [1.807, 2.05) is 0 Å². The van der Waals surface area contributed by atoms with Crippen LogP contribution in [0.4, 0.5) is 15.8 Å². The molecule has 3 rings (SSSR count). The summed E-state index contributed by atoms with van der Waals surface area (Å²) < 4.78 is 24.3. The number of carbonyl (C=O) groups is 4. The number of esters is 1. The molecule has 0 radical (unpaired) electrons. The Morgan fingerprint density at radius 2 is 1.97 bits per heavy atom. The van der Waals surface area contributed by atoms with E-state index < -0.39 is 24.2 Å². The van der Waals surface area contributed by atoms with Gasteiger partial charge in [0, 0.05) is 19.2 Å². The molecule has 1 heterocycles. The lowest BCUT2D eigenvalue weighted by Crippen LogP contribution is -2.40. The molecule has 9 heteroatoms. The van der Waals surface area contributed by atoms with Gasteiger partial charge >= 0.3 is 5.97 Å². The summed E-state index contributed by atoms with van der Waals surface area (Å²) in [5, 5.41) is 2.40. The highest BCUT2D eigenvalue weighted by atomic mass is 19.1. The Hall–Kier alpha value is -3.75. The minimum atomic E-state index is -0.835. The van der Waals surface area contributed by atoms with Crippen molar-refractivity contribution in [3.8, 4) is 5.75 Å². The van der Waals surface area contributed by atoms with Gasteiger partial charge in [-0.05, 0) is 30.3 Å². The Bertz CT molecular complexity index is 1010. The summed E-state index contributed by atoms with van der Waals surface area (Å²) in [5.41, 5.74) is 0.511. The minimum Gasteiger partial charge on any atom is -0.482 e. The maximum absolute atomic E-state index is 14.1. The summed E-state index contributed by atoms with van der Waals surface area (Å²) >= 11 is 0. The molecular formula is C21H19FN2O6. The van der Waals surface area contributed by atoms with Gasteiger partial charge in [-0.15, -0.1) is 0 Å². The molecule has 1 N–H and O–H groups in total. The number of carbonyl (C=O) groups excluding carboxylic acids is 4. The number of fused-ring (bicyclic) bond motifs is 1. The molecule has 2 amide bonds. The first-order valence-corrected chi connectivity index (χ1v) is 9.13. The van der Waals surface area contributed by atoms with E-state index in [2.05, 4.69) is 5.32 Å². The summed E-state index contributed by atoms with van der Waals surface area (Å²) in [7, 11) is 0. The average Bonchev–Trinajstić information content (AvgIpc) is 2.71. The Morgan fingerprint density at radius 1 is 1.20 bits per heavy atom. The van der Waals surface area contributed by atoms with Gasteiger partial charge < -0.3 is 19.7 Å². The molecule has 0 aromatic heterocycles. The van der Waals surface area contributed by atoms with Crippen LogP contribution in [0.3, 0.4) is 0 Å². The molecule has 0 fully saturated rings. The van der Waals surface area contributed by atoms with Crippen LogP contribution in [0.2, 0.25) is 0 Å². The molecule has 8 nitrogen and oxygen atoms in total. The molecule has 0 atom stereocenters. The van der Waals surface area contributed by atoms with Crippen LogP contribution >= 0.6 is 0 Å². The molecule has 1 aliphatic rings. The zero-order valence-corrected chi connectivity index (χ0v) is 16.1. The number of anilines is 2. The number of nitrogens with one attached hydrogen (secondary N) is 1. The average molecular weight is 414 g/mol. The lowest BCUT2D eigenvalue weighted by Gasteiger charge is -2.28. The van der Waals surface area contributed by atoms with Gasteiger partial charge in [-0.3, -0.25) is 19.2 Å². The second kappa shape index (κ2) is 9.17. The highest BCUT2D eigenvalue weighted by Crippen LogP contribution is 2.31. The van der Waals surface area contributed by atoms with E-state index in [-0.39, 0.29) is 42.6 Å². The highest BCUT2D eigenvalue weighted by Gasteiger charge is 2.25. The number of amides is 2. The van der Waals surface area contributed by atoms with Crippen molar-refractivity contribution in [2.24, 2.45) is 0 Å². The van der Waals surface area contributed by atoms with E-state index in [4.69, 9.17) is 9.47 Å². The van der Waals surface area contributed by atoms with Crippen LogP contribution in [0.5, 0.6) is 5.75 Å². The van der Waals surface area contributed by atoms with Gasteiger partial charge in [-0.25, -0.2) is 4.39 Å². The van der Waals surface area contributed by atoms with E-state index in [1.54, 1.807) is 24.3 Å². The monoisotopic (exact) mass is 414 g/mol. The lowest BCUT2D eigenvalue weighted by molar-refractivity contribution is -0.142. The summed E-state index contributed by atoms with van der Waals surface area (Å²) in [5.74, 6) is -2.38. The number of ketones is 1. The maximum Gasteiger partial charge on any atom is 0.308 e. The third-order valence-corrected chi connectivity index (χ3v) is 4.30. The Kier molecular flexibility index (Phi) is 6.41. The van der Waals surface area contributed by atoms with Gasteiger partial charge in [-0.1, -0.05) is 12.1 Å². The number of Topliss-reactive ketones (excluding diaryl/α,β-unsaturated/α-hetero) is 1. The second-order valence-corrected chi connectivity index (χ2v) is 6.51. The van der Waals surface area contributed by atoms with Crippen molar-refractivity contribution < 1.29 is 33.0 Å². The molecule has 0 saturated carbocycles. The fraction of sp³-hybridized carbons (Fsp3) is 0.238. The normalized spacial score (nSPS) is 12.6. The first kappa shape index (κ1) is 21.0. The summed E-state index contributed by atoms with van der Waals surface area (Å²) in [6.45, 7) is 0.576. The first-order chi connectivity index (χ1) is 14.3. The zero-order valence-electron chi connectivity index (χ0n) is 16.1. The van der Waals surface area contributed by atoms with Crippen molar-refractivity contribution in [3.05, 3.63) is 53.8 Å².